The first-order chi connectivity index (χ1) is 19.2. The normalized spacial score (nSPS) is 14.2. The van der Waals surface area contributed by atoms with E-state index in [0.29, 0.717) is 17.1 Å². The molecule has 0 atom stereocenters. The quantitative estimate of drug-likeness (QED) is 0.221. The first kappa shape index (κ1) is 29.7. The van der Waals surface area contributed by atoms with E-state index in [4.69, 9.17) is 9.26 Å². The number of aryl methyl sites for hydroxylation is 1. The average Bonchev–Trinajstić information content (AvgIpc) is 3.54. The van der Waals surface area contributed by atoms with Crippen molar-refractivity contribution in [2.45, 2.75) is 84.1 Å². The van der Waals surface area contributed by atoms with E-state index in [0.717, 1.165) is 78.0 Å². The van der Waals surface area contributed by atoms with Crippen LogP contribution in [0.1, 0.15) is 75.7 Å². The van der Waals surface area contributed by atoms with Crippen molar-refractivity contribution in [3.8, 4) is 16.9 Å². The third kappa shape index (κ3) is 6.54. The molecule has 1 amide bonds. The van der Waals surface area contributed by atoms with Crippen molar-refractivity contribution in [1.29, 1.82) is 0 Å². The zero-order chi connectivity index (χ0) is 28.9. The third-order valence-electron chi connectivity index (χ3n) is 7.97. The van der Waals surface area contributed by atoms with E-state index < -0.39 is 5.41 Å². The Morgan fingerprint density at radius 3 is 2.60 bits per heavy atom. The van der Waals surface area contributed by atoms with Gasteiger partial charge in [-0.05, 0) is 86.9 Å². The molecule has 1 aliphatic rings. The van der Waals surface area contributed by atoms with Gasteiger partial charge >= 0.3 is 0 Å². The van der Waals surface area contributed by atoms with Gasteiger partial charge in [0.2, 0.25) is 5.91 Å². The van der Waals surface area contributed by atoms with Crippen LogP contribution in [0, 0.1) is 25.1 Å². The number of aromatic nitrogens is 1. The number of carbonyl (C=O) groups excluding carboxylic acids is 1. The second-order valence-corrected chi connectivity index (χ2v) is 11.8. The maximum atomic E-state index is 15.7. The highest BCUT2D eigenvalue weighted by molar-refractivity contribution is 8.00. The summed E-state index contributed by atoms with van der Waals surface area (Å²) in [4.78, 5) is 16.3. The summed E-state index contributed by atoms with van der Waals surface area (Å²) in [5, 5.41) is 4.07. The predicted molar refractivity (Wildman–Crippen MR) is 160 cm³/mol. The lowest BCUT2D eigenvalue weighted by molar-refractivity contribution is -0.139. The van der Waals surface area contributed by atoms with Crippen molar-refractivity contribution in [1.82, 2.24) is 10.1 Å². The summed E-state index contributed by atoms with van der Waals surface area (Å²) in [5.41, 5.74) is 3.34. The molecule has 1 aliphatic carbocycles. The molecule has 0 unspecified atom stereocenters. The third-order valence-corrected chi connectivity index (χ3v) is 8.82. The van der Waals surface area contributed by atoms with E-state index in [9.17, 15) is 4.79 Å². The van der Waals surface area contributed by atoms with Crippen LogP contribution in [-0.2, 0) is 11.3 Å². The smallest absolute Gasteiger partial charge is 0.232 e. The molecule has 214 valence electrons. The fraction of sp³-hybridized carbons (Fsp3) is 0.438. The molecule has 0 saturated heterocycles. The van der Waals surface area contributed by atoms with Crippen LogP contribution >= 0.6 is 11.9 Å². The van der Waals surface area contributed by atoms with E-state index >= 15 is 4.39 Å². The van der Waals surface area contributed by atoms with Crippen molar-refractivity contribution in [2.24, 2.45) is 5.41 Å². The lowest BCUT2D eigenvalue weighted by Gasteiger charge is -2.33. The zero-order valence-electron chi connectivity index (χ0n) is 24.2. The minimum atomic E-state index is -0.408. The molecule has 1 N–H and O–H groups in total. The molecular weight excluding hydrogens is 525 g/mol. The minimum absolute atomic E-state index is 0.0629. The first-order valence-electron chi connectivity index (χ1n) is 14.0. The van der Waals surface area contributed by atoms with Crippen molar-refractivity contribution < 1.29 is 18.4 Å². The van der Waals surface area contributed by atoms with Crippen molar-refractivity contribution in [2.75, 3.05) is 11.8 Å². The molecular formula is C32H40FN3O3S. The van der Waals surface area contributed by atoms with Gasteiger partial charge in [-0.25, -0.2) is 4.39 Å². The number of benzene rings is 2. The van der Waals surface area contributed by atoms with Gasteiger partial charge < -0.3 is 18.9 Å². The Bertz CT molecular complexity index is 1360. The number of hydrogen-bond acceptors (Lipinski definition) is 6. The summed E-state index contributed by atoms with van der Waals surface area (Å²) in [6, 6.07) is 10.9. The van der Waals surface area contributed by atoms with E-state index in [1.54, 1.807) is 24.1 Å². The van der Waals surface area contributed by atoms with Gasteiger partial charge in [-0.3, -0.25) is 4.79 Å². The number of ether oxygens (including phenoxy) is 1. The molecule has 40 heavy (non-hydrogen) atoms. The van der Waals surface area contributed by atoms with Gasteiger partial charge in [-0.15, -0.1) is 0 Å². The first-order valence-corrected chi connectivity index (χ1v) is 14.8. The Morgan fingerprint density at radius 2 is 1.98 bits per heavy atom. The standard InChI is InChI=1S/C32H40FN3O3S/c1-7-8-11-21(2)36(31(37)32(5)16-9-10-17-32)20-25-13-12-24(18-28(25)33)27-15-14-26(38-6)19-29(27)40-35-30-22(3)23(4)39-34-30/h12-15,18-19H,2,7-11,16-17,20H2,1,3-6H3,(H,34,35). The number of allylic oxidation sites excluding steroid dienone is 1. The number of carbonyl (C=O) groups is 1. The van der Waals surface area contributed by atoms with Gasteiger partial charge in [0.1, 0.15) is 17.3 Å². The molecule has 0 aliphatic heterocycles. The molecule has 1 saturated carbocycles. The summed E-state index contributed by atoms with van der Waals surface area (Å²) in [7, 11) is 1.61. The Balaban J connectivity index is 1.60. The molecule has 4 rings (SSSR count). The maximum Gasteiger partial charge on any atom is 0.232 e. The molecule has 8 heteroatoms. The topological polar surface area (TPSA) is 67.6 Å². The van der Waals surface area contributed by atoms with Crippen LogP contribution in [0.5, 0.6) is 5.75 Å². The largest absolute Gasteiger partial charge is 0.497 e. The Labute approximate surface area is 241 Å². The highest BCUT2D eigenvalue weighted by Gasteiger charge is 2.40. The van der Waals surface area contributed by atoms with Gasteiger partial charge in [0.25, 0.3) is 0 Å². The molecule has 0 bridgehead atoms. The Hall–Kier alpha value is -3.26. The SMILES string of the molecule is C=C(CCCC)N(Cc1ccc(-c2ccc(OC)cc2SNc2noc(C)c2C)cc1F)C(=O)C1(C)CCCC1. The average molecular weight is 566 g/mol. The number of nitrogens with zero attached hydrogens (tertiary/aromatic N) is 2. The highest BCUT2D eigenvalue weighted by atomic mass is 32.2. The molecule has 0 radical (unpaired) electrons. The number of nitrogens with one attached hydrogen (secondary N) is 1. The lowest BCUT2D eigenvalue weighted by Crippen LogP contribution is -2.40. The summed E-state index contributed by atoms with van der Waals surface area (Å²) >= 11 is 1.36. The summed E-state index contributed by atoms with van der Waals surface area (Å²) in [5.74, 6) is 1.80. The van der Waals surface area contributed by atoms with Gasteiger partial charge in [0, 0.05) is 27.1 Å². The number of anilines is 1. The van der Waals surface area contributed by atoms with Crippen LogP contribution in [0.4, 0.5) is 10.2 Å². The number of unbranched alkanes of at least 4 members (excludes halogenated alkanes) is 1. The number of amides is 1. The monoisotopic (exact) mass is 565 g/mol. The number of rotatable bonds is 12. The minimum Gasteiger partial charge on any atom is -0.497 e. The summed E-state index contributed by atoms with van der Waals surface area (Å²) in [6.07, 6.45) is 6.51. The van der Waals surface area contributed by atoms with Crippen molar-refractivity contribution in [3.05, 3.63) is 71.4 Å². The van der Waals surface area contributed by atoms with Crippen LogP contribution in [0.2, 0.25) is 0 Å². The summed E-state index contributed by atoms with van der Waals surface area (Å²) < 4.78 is 29.6. The molecule has 1 fully saturated rings. The van der Waals surface area contributed by atoms with E-state index in [2.05, 4.69) is 23.4 Å². The molecule has 2 aromatic carbocycles. The number of hydrogen-bond donors (Lipinski definition) is 1. The van der Waals surface area contributed by atoms with E-state index in [1.165, 1.54) is 11.9 Å². The molecule has 1 aromatic heterocycles. The van der Waals surface area contributed by atoms with Crippen LogP contribution in [0.25, 0.3) is 11.1 Å². The van der Waals surface area contributed by atoms with Crippen LogP contribution < -0.4 is 9.46 Å². The van der Waals surface area contributed by atoms with Gasteiger partial charge in [-0.1, -0.05) is 57.0 Å². The fourth-order valence-corrected chi connectivity index (χ4v) is 5.99. The second kappa shape index (κ2) is 12.9. The number of halogens is 1. The van der Waals surface area contributed by atoms with Crippen molar-refractivity contribution >= 4 is 23.7 Å². The Kier molecular flexibility index (Phi) is 9.61. The van der Waals surface area contributed by atoms with Gasteiger partial charge in [0.05, 0.1) is 13.7 Å². The summed E-state index contributed by atoms with van der Waals surface area (Å²) in [6.45, 7) is 12.4. The second-order valence-electron chi connectivity index (χ2n) is 10.9. The Morgan fingerprint density at radius 1 is 1.23 bits per heavy atom. The van der Waals surface area contributed by atoms with Crippen LogP contribution in [0.3, 0.4) is 0 Å². The van der Waals surface area contributed by atoms with Crippen molar-refractivity contribution in [3.63, 3.8) is 0 Å². The number of methoxy groups -OCH3 is 1. The molecule has 0 spiro atoms. The highest BCUT2D eigenvalue weighted by Crippen LogP contribution is 2.41. The molecule has 6 nitrogen and oxygen atoms in total. The fourth-order valence-electron chi connectivity index (χ4n) is 5.12. The molecule has 3 aromatic rings. The zero-order valence-corrected chi connectivity index (χ0v) is 25.0. The van der Waals surface area contributed by atoms with E-state index in [-0.39, 0.29) is 18.3 Å². The van der Waals surface area contributed by atoms with Crippen LogP contribution in [0.15, 0.2) is 58.1 Å². The lowest BCUT2D eigenvalue weighted by atomic mass is 9.86. The van der Waals surface area contributed by atoms with E-state index in [1.807, 2.05) is 45.0 Å². The van der Waals surface area contributed by atoms with Gasteiger partial charge in [0.15, 0.2) is 5.82 Å². The van der Waals surface area contributed by atoms with Crippen LogP contribution in [-0.4, -0.2) is 23.1 Å². The maximum absolute atomic E-state index is 15.7. The predicted octanol–water partition coefficient (Wildman–Crippen LogP) is 8.84. The molecule has 1 heterocycles. The van der Waals surface area contributed by atoms with Gasteiger partial charge in [-0.2, -0.15) is 0 Å².